The molecule has 4 nitrogen and oxygen atoms in total. The first kappa shape index (κ1) is 12.3. The maximum Gasteiger partial charge on any atom is 0.246 e. The zero-order valence-corrected chi connectivity index (χ0v) is 9.13. The smallest absolute Gasteiger partial charge is 0.246 e. The van der Waals surface area contributed by atoms with Gasteiger partial charge in [0.1, 0.15) is 5.75 Å². The van der Waals surface area contributed by atoms with Crippen molar-refractivity contribution in [2.75, 3.05) is 20.2 Å². The third-order valence-electron chi connectivity index (χ3n) is 2.12. The molecule has 0 heterocycles. The van der Waals surface area contributed by atoms with Crippen molar-refractivity contribution in [3.63, 3.8) is 0 Å². The molecule has 1 rings (SSSR count). The molecule has 16 heavy (non-hydrogen) atoms. The van der Waals surface area contributed by atoms with E-state index in [4.69, 9.17) is 10.2 Å². The van der Waals surface area contributed by atoms with Crippen LogP contribution in [0.3, 0.4) is 0 Å². The number of phenols is 1. The molecule has 0 bridgehead atoms. The first-order valence-electron chi connectivity index (χ1n) is 4.96. The van der Waals surface area contributed by atoms with E-state index in [1.54, 1.807) is 37.4 Å². The molecule has 0 saturated heterocycles. The van der Waals surface area contributed by atoms with Crippen molar-refractivity contribution in [3.8, 4) is 5.75 Å². The van der Waals surface area contributed by atoms with Crippen LogP contribution in [0.15, 0.2) is 30.3 Å². The van der Waals surface area contributed by atoms with Gasteiger partial charge in [0, 0.05) is 19.7 Å². The third kappa shape index (κ3) is 3.74. The van der Waals surface area contributed by atoms with Gasteiger partial charge in [0.05, 0.1) is 6.61 Å². The second kappa shape index (κ2) is 5.92. The first-order valence-corrected chi connectivity index (χ1v) is 4.96. The Balaban J connectivity index is 2.59. The van der Waals surface area contributed by atoms with Crippen molar-refractivity contribution in [2.24, 2.45) is 0 Å². The Labute approximate surface area is 94.4 Å². The molecule has 86 valence electrons. The molecule has 2 N–H and O–H groups in total. The highest BCUT2D eigenvalue weighted by molar-refractivity contribution is 5.91. The van der Waals surface area contributed by atoms with Crippen LogP contribution < -0.4 is 0 Å². The van der Waals surface area contributed by atoms with Gasteiger partial charge in [0.25, 0.3) is 0 Å². The van der Waals surface area contributed by atoms with Crippen LogP contribution in [0.4, 0.5) is 0 Å². The molecule has 0 spiro atoms. The molecule has 0 unspecified atom stereocenters. The number of benzene rings is 1. The average Bonchev–Trinajstić information content (AvgIpc) is 2.28. The van der Waals surface area contributed by atoms with E-state index in [0.717, 1.165) is 5.56 Å². The standard InChI is InChI=1S/C12H15NO3/c1-13(8-9-14)12(16)7-4-10-2-5-11(15)6-3-10/h2-7,14-15H,8-9H2,1H3. The largest absolute Gasteiger partial charge is 0.508 e. The lowest BCUT2D eigenvalue weighted by Gasteiger charge is -2.12. The summed E-state index contributed by atoms with van der Waals surface area (Å²) in [5, 5.41) is 17.7. The lowest BCUT2D eigenvalue weighted by atomic mass is 10.2. The highest BCUT2D eigenvalue weighted by Gasteiger charge is 2.02. The molecule has 0 aliphatic rings. The number of aromatic hydroxyl groups is 1. The van der Waals surface area contributed by atoms with E-state index in [-0.39, 0.29) is 18.3 Å². The molecule has 0 radical (unpaired) electrons. The fraction of sp³-hybridized carbons (Fsp3) is 0.250. The summed E-state index contributed by atoms with van der Waals surface area (Å²) in [6, 6.07) is 6.54. The summed E-state index contributed by atoms with van der Waals surface area (Å²) in [5.74, 6) is 0.0306. The minimum atomic E-state index is -0.165. The van der Waals surface area contributed by atoms with Crippen LogP contribution in [0.1, 0.15) is 5.56 Å². The fourth-order valence-corrected chi connectivity index (χ4v) is 1.14. The van der Waals surface area contributed by atoms with Crippen LogP contribution in [0, 0.1) is 0 Å². The Kier molecular flexibility index (Phi) is 4.54. The van der Waals surface area contributed by atoms with Crippen LogP contribution in [-0.4, -0.2) is 41.2 Å². The van der Waals surface area contributed by atoms with E-state index in [9.17, 15) is 4.79 Å². The molecular weight excluding hydrogens is 206 g/mol. The highest BCUT2D eigenvalue weighted by Crippen LogP contribution is 2.10. The van der Waals surface area contributed by atoms with Crippen molar-refractivity contribution in [3.05, 3.63) is 35.9 Å². The summed E-state index contributed by atoms with van der Waals surface area (Å²) >= 11 is 0. The quantitative estimate of drug-likeness (QED) is 0.741. The van der Waals surface area contributed by atoms with E-state index in [1.165, 1.54) is 11.0 Å². The minimum absolute atomic E-state index is 0.0463. The van der Waals surface area contributed by atoms with Crippen molar-refractivity contribution >= 4 is 12.0 Å². The lowest BCUT2D eigenvalue weighted by molar-refractivity contribution is -0.125. The van der Waals surface area contributed by atoms with Gasteiger partial charge in [-0.25, -0.2) is 0 Å². The molecule has 0 fully saturated rings. The Bertz CT molecular complexity index is 370. The van der Waals surface area contributed by atoms with Gasteiger partial charge in [0.15, 0.2) is 0 Å². The highest BCUT2D eigenvalue weighted by atomic mass is 16.3. The van der Waals surface area contributed by atoms with Gasteiger partial charge in [-0.2, -0.15) is 0 Å². The number of aliphatic hydroxyl groups excluding tert-OH is 1. The Hall–Kier alpha value is -1.81. The molecule has 0 aromatic heterocycles. The van der Waals surface area contributed by atoms with E-state index in [2.05, 4.69) is 0 Å². The van der Waals surface area contributed by atoms with Crippen molar-refractivity contribution in [2.45, 2.75) is 0 Å². The maximum atomic E-state index is 11.5. The van der Waals surface area contributed by atoms with Crippen molar-refractivity contribution < 1.29 is 15.0 Å². The van der Waals surface area contributed by atoms with Crippen LogP contribution in [0.25, 0.3) is 6.08 Å². The van der Waals surface area contributed by atoms with Gasteiger partial charge in [-0.3, -0.25) is 4.79 Å². The van der Waals surface area contributed by atoms with Crippen LogP contribution >= 0.6 is 0 Å². The Morgan fingerprint density at radius 1 is 1.38 bits per heavy atom. The second-order valence-corrected chi connectivity index (χ2v) is 3.41. The number of rotatable bonds is 4. The monoisotopic (exact) mass is 221 g/mol. The second-order valence-electron chi connectivity index (χ2n) is 3.41. The molecule has 0 saturated carbocycles. The Morgan fingerprint density at radius 3 is 2.56 bits per heavy atom. The molecular formula is C12H15NO3. The molecule has 1 amide bonds. The van der Waals surface area contributed by atoms with Crippen molar-refractivity contribution in [1.82, 2.24) is 4.90 Å². The maximum absolute atomic E-state index is 11.5. The van der Waals surface area contributed by atoms with E-state index >= 15 is 0 Å². The number of aliphatic hydroxyl groups is 1. The zero-order chi connectivity index (χ0) is 12.0. The third-order valence-corrected chi connectivity index (χ3v) is 2.12. The first-order chi connectivity index (χ1) is 7.63. The SMILES string of the molecule is CN(CCO)C(=O)C=Cc1ccc(O)cc1. The molecule has 0 aliphatic carbocycles. The summed E-state index contributed by atoms with van der Waals surface area (Å²) in [4.78, 5) is 12.9. The van der Waals surface area contributed by atoms with E-state index < -0.39 is 0 Å². The number of hydrogen-bond acceptors (Lipinski definition) is 3. The Morgan fingerprint density at radius 2 is 2.00 bits per heavy atom. The van der Waals surface area contributed by atoms with Gasteiger partial charge < -0.3 is 15.1 Å². The van der Waals surface area contributed by atoms with Gasteiger partial charge in [-0.15, -0.1) is 0 Å². The summed E-state index contributed by atoms with van der Waals surface area (Å²) in [5.41, 5.74) is 0.837. The fourth-order valence-electron chi connectivity index (χ4n) is 1.14. The molecule has 1 aromatic carbocycles. The molecule has 4 heteroatoms. The normalized spacial score (nSPS) is 10.6. The topological polar surface area (TPSA) is 60.8 Å². The van der Waals surface area contributed by atoms with Gasteiger partial charge >= 0.3 is 0 Å². The van der Waals surface area contributed by atoms with Crippen LogP contribution in [0.5, 0.6) is 5.75 Å². The van der Waals surface area contributed by atoms with Gasteiger partial charge in [-0.05, 0) is 23.8 Å². The summed E-state index contributed by atoms with van der Waals surface area (Å²) in [6.45, 7) is 0.272. The number of nitrogens with zero attached hydrogens (tertiary/aromatic N) is 1. The zero-order valence-electron chi connectivity index (χ0n) is 9.13. The van der Waals surface area contributed by atoms with E-state index in [1.807, 2.05) is 0 Å². The number of carbonyl (C=O) groups excluding carboxylic acids is 1. The average molecular weight is 221 g/mol. The van der Waals surface area contributed by atoms with Crippen molar-refractivity contribution in [1.29, 1.82) is 0 Å². The van der Waals surface area contributed by atoms with Gasteiger partial charge in [-0.1, -0.05) is 12.1 Å². The predicted molar refractivity (Wildman–Crippen MR) is 61.9 cm³/mol. The molecule has 0 aliphatic heterocycles. The predicted octanol–water partition coefficient (Wildman–Crippen LogP) is 0.856. The number of phenolic OH excluding ortho intramolecular Hbond substituents is 1. The number of likely N-dealkylation sites (N-methyl/N-ethyl adjacent to an activating group) is 1. The van der Waals surface area contributed by atoms with Crippen LogP contribution in [0.2, 0.25) is 0 Å². The molecule has 0 atom stereocenters. The molecule has 1 aromatic rings. The number of hydrogen-bond donors (Lipinski definition) is 2. The lowest BCUT2D eigenvalue weighted by Crippen LogP contribution is -2.27. The minimum Gasteiger partial charge on any atom is -0.508 e. The number of carbonyl (C=O) groups is 1. The summed E-state index contributed by atoms with van der Waals surface area (Å²) < 4.78 is 0. The van der Waals surface area contributed by atoms with Gasteiger partial charge in [0.2, 0.25) is 5.91 Å². The van der Waals surface area contributed by atoms with E-state index in [0.29, 0.717) is 6.54 Å². The van der Waals surface area contributed by atoms with Crippen LogP contribution in [-0.2, 0) is 4.79 Å². The summed E-state index contributed by atoms with van der Waals surface area (Å²) in [7, 11) is 1.62. The number of amides is 1. The summed E-state index contributed by atoms with van der Waals surface area (Å²) in [6.07, 6.45) is 3.09.